The monoisotopic (exact) mass is 328 g/mol. The Morgan fingerprint density at radius 3 is 2.67 bits per heavy atom. The largest absolute Gasteiger partial charge is 0.477 e. The van der Waals surface area contributed by atoms with Gasteiger partial charge in [0.15, 0.2) is 0 Å². The number of hydrogen-bond acceptors (Lipinski definition) is 3. The van der Waals surface area contributed by atoms with Crippen LogP contribution in [0.5, 0.6) is 0 Å². The third-order valence-electron chi connectivity index (χ3n) is 4.76. The Kier molecular flexibility index (Phi) is 3.23. The molecule has 0 unspecified atom stereocenters. The minimum absolute atomic E-state index is 0.126. The number of carboxylic acids is 1. The Hall–Kier alpha value is -2.63. The lowest BCUT2D eigenvalue weighted by Gasteiger charge is -2.20. The molecule has 1 aromatic heterocycles. The van der Waals surface area contributed by atoms with Crippen LogP contribution in [0.3, 0.4) is 0 Å². The summed E-state index contributed by atoms with van der Waals surface area (Å²) < 4.78 is 16.4. The van der Waals surface area contributed by atoms with Crippen LogP contribution in [-0.4, -0.2) is 28.7 Å². The molecule has 0 amide bonds. The molecule has 2 heterocycles. The van der Waals surface area contributed by atoms with Gasteiger partial charge >= 0.3 is 5.97 Å². The number of rotatable bonds is 3. The number of carbonyl (C=O) groups is 1. The number of hydrogen-bond donors (Lipinski definition) is 1. The molecule has 0 atom stereocenters. The quantitative estimate of drug-likeness (QED) is 0.880. The standard InChI is InChI=1S/C18H17FN2O3/c1-10-4-5-20(8-10)16-7-15-12(6-14(16)19)17(22)13(18(23)24)9-21(15)11-2-3-11/h6-7,9,11H,1-5,8H2,(H,23,24). The van der Waals surface area contributed by atoms with Crippen molar-refractivity contribution in [3.8, 4) is 0 Å². The zero-order valence-electron chi connectivity index (χ0n) is 13.1. The Bertz CT molecular complexity index is 943. The summed E-state index contributed by atoms with van der Waals surface area (Å²) in [4.78, 5) is 25.7. The first-order chi connectivity index (χ1) is 11.5. The number of aromatic nitrogens is 1. The van der Waals surface area contributed by atoms with E-state index >= 15 is 0 Å². The third kappa shape index (κ3) is 2.29. The minimum Gasteiger partial charge on any atom is -0.477 e. The van der Waals surface area contributed by atoms with E-state index in [2.05, 4.69) is 6.58 Å². The number of benzene rings is 1. The summed E-state index contributed by atoms with van der Waals surface area (Å²) in [6.45, 7) is 5.24. The first kappa shape index (κ1) is 14.9. The predicted molar refractivity (Wildman–Crippen MR) is 89.4 cm³/mol. The van der Waals surface area contributed by atoms with Crippen molar-refractivity contribution in [2.24, 2.45) is 0 Å². The SMILES string of the molecule is C=C1CCN(c2cc3c(cc2F)c(=O)c(C(=O)O)cn3C2CC2)C1. The maximum Gasteiger partial charge on any atom is 0.341 e. The van der Waals surface area contributed by atoms with Gasteiger partial charge in [-0.15, -0.1) is 0 Å². The van der Waals surface area contributed by atoms with Gasteiger partial charge in [-0.1, -0.05) is 12.2 Å². The van der Waals surface area contributed by atoms with E-state index in [1.54, 1.807) is 6.07 Å². The number of nitrogens with zero attached hydrogens (tertiary/aromatic N) is 2. The summed E-state index contributed by atoms with van der Waals surface area (Å²) in [6.07, 6.45) is 4.09. The molecule has 1 N–H and O–H groups in total. The second-order valence-electron chi connectivity index (χ2n) is 6.56. The molecule has 1 aliphatic carbocycles. The molecule has 0 bridgehead atoms. The van der Waals surface area contributed by atoms with Crippen molar-refractivity contribution in [3.05, 3.63) is 52.1 Å². The minimum atomic E-state index is -1.28. The fourth-order valence-corrected chi connectivity index (χ4v) is 3.33. The van der Waals surface area contributed by atoms with Gasteiger partial charge in [-0.25, -0.2) is 9.18 Å². The van der Waals surface area contributed by atoms with E-state index in [1.807, 2.05) is 9.47 Å². The molecular formula is C18H17FN2O3. The molecule has 0 radical (unpaired) electrons. The van der Waals surface area contributed by atoms with Gasteiger partial charge in [-0.3, -0.25) is 4.79 Å². The van der Waals surface area contributed by atoms with Crippen LogP contribution in [0, 0.1) is 5.82 Å². The van der Waals surface area contributed by atoms with E-state index in [4.69, 9.17) is 0 Å². The topological polar surface area (TPSA) is 62.5 Å². The smallest absolute Gasteiger partial charge is 0.341 e. The van der Waals surface area contributed by atoms with E-state index in [0.29, 0.717) is 24.3 Å². The third-order valence-corrected chi connectivity index (χ3v) is 4.76. The first-order valence-corrected chi connectivity index (χ1v) is 7.99. The molecule has 1 aromatic carbocycles. The van der Waals surface area contributed by atoms with E-state index in [9.17, 15) is 19.1 Å². The van der Waals surface area contributed by atoms with Gasteiger partial charge in [-0.2, -0.15) is 0 Å². The fraction of sp³-hybridized carbons (Fsp3) is 0.333. The van der Waals surface area contributed by atoms with Crippen LogP contribution in [0.4, 0.5) is 10.1 Å². The fourth-order valence-electron chi connectivity index (χ4n) is 3.33. The van der Waals surface area contributed by atoms with Crippen molar-refractivity contribution in [3.63, 3.8) is 0 Å². The van der Waals surface area contributed by atoms with E-state index in [0.717, 1.165) is 24.8 Å². The second kappa shape index (κ2) is 5.19. The molecule has 1 saturated heterocycles. The lowest BCUT2D eigenvalue weighted by molar-refractivity contribution is 0.0695. The lowest BCUT2D eigenvalue weighted by atomic mass is 10.1. The summed E-state index contributed by atoms with van der Waals surface area (Å²) in [7, 11) is 0. The highest BCUT2D eigenvalue weighted by Gasteiger charge is 2.28. The van der Waals surface area contributed by atoms with Crippen LogP contribution in [-0.2, 0) is 0 Å². The molecule has 5 nitrogen and oxygen atoms in total. The van der Waals surface area contributed by atoms with Gasteiger partial charge in [0, 0.05) is 30.7 Å². The summed E-state index contributed by atoms with van der Waals surface area (Å²) in [6, 6.07) is 3.03. The number of pyridine rings is 1. The van der Waals surface area contributed by atoms with Gasteiger partial charge in [0.1, 0.15) is 11.4 Å². The number of carboxylic acid groups (broad SMARTS) is 1. The van der Waals surface area contributed by atoms with Gasteiger partial charge < -0.3 is 14.6 Å². The summed E-state index contributed by atoms with van der Waals surface area (Å²) in [5, 5.41) is 9.38. The Morgan fingerprint density at radius 1 is 1.33 bits per heavy atom. The van der Waals surface area contributed by atoms with Gasteiger partial charge in [0.05, 0.1) is 11.2 Å². The van der Waals surface area contributed by atoms with Crippen molar-refractivity contribution in [2.75, 3.05) is 18.0 Å². The van der Waals surface area contributed by atoms with Crippen molar-refractivity contribution < 1.29 is 14.3 Å². The molecule has 2 aromatic rings. The average Bonchev–Trinajstić information content (AvgIpc) is 3.28. The highest BCUT2D eigenvalue weighted by Crippen LogP contribution is 2.38. The molecule has 2 aliphatic rings. The molecule has 6 heteroatoms. The van der Waals surface area contributed by atoms with Gasteiger partial charge in [0.25, 0.3) is 0 Å². The zero-order valence-corrected chi connectivity index (χ0v) is 13.1. The van der Waals surface area contributed by atoms with E-state index < -0.39 is 17.2 Å². The highest BCUT2D eigenvalue weighted by molar-refractivity contribution is 5.93. The zero-order chi connectivity index (χ0) is 17.0. The molecule has 1 aliphatic heterocycles. The van der Waals surface area contributed by atoms with Crippen molar-refractivity contribution in [1.82, 2.24) is 4.57 Å². The molecule has 24 heavy (non-hydrogen) atoms. The number of halogens is 1. The lowest BCUT2D eigenvalue weighted by Crippen LogP contribution is -2.22. The van der Waals surface area contributed by atoms with Crippen LogP contribution in [0.2, 0.25) is 0 Å². The molecular weight excluding hydrogens is 311 g/mol. The van der Waals surface area contributed by atoms with E-state index in [1.165, 1.54) is 12.3 Å². The summed E-state index contributed by atoms with van der Waals surface area (Å²) >= 11 is 0. The van der Waals surface area contributed by atoms with Crippen molar-refractivity contribution in [2.45, 2.75) is 25.3 Å². The van der Waals surface area contributed by atoms with E-state index in [-0.39, 0.29) is 17.0 Å². The molecule has 4 rings (SSSR count). The van der Waals surface area contributed by atoms with Gasteiger partial charge in [0.2, 0.25) is 5.43 Å². The van der Waals surface area contributed by atoms with Crippen LogP contribution in [0.1, 0.15) is 35.7 Å². The molecule has 0 spiro atoms. The average molecular weight is 328 g/mol. The molecule has 1 saturated carbocycles. The normalized spacial score (nSPS) is 17.7. The van der Waals surface area contributed by atoms with Crippen LogP contribution in [0.15, 0.2) is 35.3 Å². The second-order valence-corrected chi connectivity index (χ2v) is 6.56. The van der Waals surface area contributed by atoms with Gasteiger partial charge in [-0.05, 0) is 31.4 Å². The maximum atomic E-state index is 14.6. The summed E-state index contributed by atoms with van der Waals surface area (Å²) in [5.41, 5.74) is 1.15. The van der Waals surface area contributed by atoms with Crippen molar-refractivity contribution >= 4 is 22.6 Å². The number of aromatic carboxylic acids is 1. The predicted octanol–water partition coefficient (Wildman–Crippen LogP) is 2.94. The highest BCUT2D eigenvalue weighted by atomic mass is 19.1. The van der Waals surface area contributed by atoms with Crippen LogP contribution in [0.25, 0.3) is 10.9 Å². The van der Waals surface area contributed by atoms with Crippen LogP contribution < -0.4 is 10.3 Å². The number of anilines is 1. The first-order valence-electron chi connectivity index (χ1n) is 7.99. The maximum absolute atomic E-state index is 14.6. The molecule has 2 fully saturated rings. The van der Waals surface area contributed by atoms with Crippen LogP contribution >= 0.6 is 0 Å². The Balaban J connectivity index is 1.97. The molecule has 124 valence electrons. The number of fused-ring (bicyclic) bond motifs is 1. The Morgan fingerprint density at radius 2 is 2.08 bits per heavy atom. The van der Waals surface area contributed by atoms with Crippen molar-refractivity contribution in [1.29, 1.82) is 0 Å². The Labute approximate surface area is 137 Å². The summed E-state index contributed by atoms with van der Waals surface area (Å²) in [5.74, 6) is -1.78.